The van der Waals surface area contributed by atoms with Gasteiger partial charge in [-0.2, -0.15) is 5.26 Å². The minimum atomic E-state index is 0.215. The van der Waals surface area contributed by atoms with Gasteiger partial charge in [0.2, 0.25) is 0 Å². The predicted molar refractivity (Wildman–Crippen MR) is 84.3 cm³/mol. The predicted octanol–water partition coefficient (Wildman–Crippen LogP) is 3.22. The molecule has 2 rings (SSSR count). The minimum absolute atomic E-state index is 0.215. The van der Waals surface area contributed by atoms with Crippen LogP contribution in [-0.2, 0) is 5.88 Å². The van der Waals surface area contributed by atoms with Crippen LogP contribution in [0, 0.1) is 11.3 Å². The Morgan fingerprint density at radius 3 is 2.35 bits per heavy atom. The Hall–Kier alpha value is -1.24. The van der Waals surface area contributed by atoms with Crippen molar-refractivity contribution in [3.63, 3.8) is 0 Å². The number of alkyl halides is 1. The summed E-state index contributed by atoms with van der Waals surface area (Å²) < 4.78 is 0. The fraction of sp³-hybridized carbons (Fsp3) is 0.562. The van der Waals surface area contributed by atoms with Gasteiger partial charge in [0.15, 0.2) is 0 Å². The van der Waals surface area contributed by atoms with Gasteiger partial charge >= 0.3 is 0 Å². The first-order valence-electron chi connectivity index (χ1n) is 7.04. The molecule has 0 aromatic heterocycles. The number of halogens is 1. The number of benzene rings is 1. The summed E-state index contributed by atoms with van der Waals surface area (Å²) in [7, 11) is 0. The number of hydrogen-bond acceptors (Lipinski definition) is 3. The molecule has 1 heterocycles. The highest BCUT2D eigenvalue weighted by molar-refractivity contribution is 6.17. The molecule has 1 fully saturated rings. The van der Waals surface area contributed by atoms with Gasteiger partial charge in [0.05, 0.1) is 11.3 Å². The summed E-state index contributed by atoms with van der Waals surface area (Å²) in [6.45, 7) is 10.7. The first kappa shape index (κ1) is 15.2. The molecule has 20 heavy (non-hydrogen) atoms. The van der Waals surface area contributed by atoms with E-state index in [0.717, 1.165) is 43.0 Å². The van der Waals surface area contributed by atoms with Crippen LogP contribution >= 0.6 is 11.6 Å². The van der Waals surface area contributed by atoms with Crippen LogP contribution in [0.25, 0.3) is 0 Å². The van der Waals surface area contributed by atoms with Gasteiger partial charge in [-0.3, -0.25) is 4.90 Å². The summed E-state index contributed by atoms with van der Waals surface area (Å²) in [4.78, 5) is 4.79. The summed E-state index contributed by atoms with van der Waals surface area (Å²) >= 11 is 5.83. The lowest BCUT2D eigenvalue weighted by molar-refractivity contribution is 0.128. The second-order valence-corrected chi connectivity index (χ2v) is 6.51. The van der Waals surface area contributed by atoms with Gasteiger partial charge in [0.25, 0.3) is 0 Å². The Morgan fingerprint density at radius 2 is 1.85 bits per heavy atom. The van der Waals surface area contributed by atoms with Crippen molar-refractivity contribution in [2.75, 3.05) is 31.1 Å². The van der Waals surface area contributed by atoms with E-state index < -0.39 is 0 Å². The molecule has 1 aromatic carbocycles. The lowest BCUT2D eigenvalue weighted by Crippen LogP contribution is -2.53. The highest BCUT2D eigenvalue weighted by Crippen LogP contribution is 2.25. The Kier molecular flexibility index (Phi) is 4.57. The van der Waals surface area contributed by atoms with Crippen LogP contribution < -0.4 is 4.90 Å². The van der Waals surface area contributed by atoms with E-state index in [-0.39, 0.29) is 5.54 Å². The molecule has 1 saturated heterocycles. The van der Waals surface area contributed by atoms with Crippen molar-refractivity contribution < 1.29 is 0 Å². The fourth-order valence-corrected chi connectivity index (χ4v) is 2.82. The van der Waals surface area contributed by atoms with Crippen LogP contribution in [0.15, 0.2) is 18.2 Å². The lowest BCUT2D eigenvalue weighted by atomic mass is 10.0. The summed E-state index contributed by atoms with van der Waals surface area (Å²) in [5, 5.41) is 9.32. The van der Waals surface area contributed by atoms with Crippen molar-refractivity contribution in [3.05, 3.63) is 29.3 Å². The summed E-state index contributed by atoms with van der Waals surface area (Å²) in [6, 6.07) is 8.24. The SMILES string of the molecule is CC(C)(C)N1CCN(c2ccc(CCl)cc2C#N)CC1. The van der Waals surface area contributed by atoms with Crippen LogP contribution in [0.1, 0.15) is 31.9 Å². The molecule has 0 bridgehead atoms. The zero-order valence-corrected chi connectivity index (χ0v) is 13.2. The first-order chi connectivity index (χ1) is 9.45. The molecule has 1 aliphatic rings. The van der Waals surface area contributed by atoms with Gasteiger partial charge < -0.3 is 4.90 Å². The molecular weight excluding hydrogens is 270 g/mol. The number of hydrogen-bond donors (Lipinski definition) is 0. The molecular formula is C16H22ClN3. The summed E-state index contributed by atoms with van der Waals surface area (Å²) in [5.41, 5.74) is 2.98. The van der Waals surface area contributed by atoms with Crippen molar-refractivity contribution in [2.45, 2.75) is 32.2 Å². The number of anilines is 1. The molecule has 0 radical (unpaired) electrons. The number of rotatable bonds is 2. The van der Waals surface area contributed by atoms with Gasteiger partial charge in [0, 0.05) is 37.6 Å². The Balaban J connectivity index is 2.13. The largest absolute Gasteiger partial charge is 0.368 e. The van der Waals surface area contributed by atoms with Crippen molar-refractivity contribution in [3.8, 4) is 6.07 Å². The van der Waals surface area contributed by atoms with E-state index in [1.807, 2.05) is 18.2 Å². The molecule has 108 valence electrons. The van der Waals surface area contributed by atoms with E-state index in [9.17, 15) is 5.26 Å². The summed E-state index contributed by atoms with van der Waals surface area (Å²) in [5.74, 6) is 0.451. The number of piperazine rings is 1. The molecule has 0 aliphatic carbocycles. The van der Waals surface area contributed by atoms with Crippen LogP contribution in [-0.4, -0.2) is 36.6 Å². The number of nitrogens with zero attached hydrogens (tertiary/aromatic N) is 3. The van der Waals surface area contributed by atoms with Gasteiger partial charge in [-0.1, -0.05) is 6.07 Å². The van der Waals surface area contributed by atoms with Crippen LogP contribution in [0.5, 0.6) is 0 Å². The Morgan fingerprint density at radius 1 is 1.20 bits per heavy atom. The second kappa shape index (κ2) is 6.03. The standard InChI is InChI=1S/C16H22ClN3/c1-16(2,3)20-8-6-19(7-9-20)15-5-4-13(11-17)10-14(15)12-18/h4-5,10H,6-9,11H2,1-3H3. The van der Waals surface area contributed by atoms with E-state index >= 15 is 0 Å². The molecule has 0 unspecified atom stereocenters. The molecule has 1 aromatic rings. The normalized spacial score (nSPS) is 17.1. The maximum absolute atomic E-state index is 9.32. The molecule has 0 N–H and O–H groups in total. The third kappa shape index (κ3) is 3.26. The van der Waals surface area contributed by atoms with Crippen molar-refractivity contribution >= 4 is 17.3 Å². The van der Waals surface area contributed by atoms with Gasteiger partial charge in [0.1, 0.15) is 6.07 Å². The average Bonchev–Trinajstić information content (AvgIpc) is 2.45. The maximum Gasteiger partial charge on any atom is 0.101 e. The minimum Gasteiger partial charge on any atom is -0.368 e. The number of nitriles is 1. The first-order valence-corrected chi connectivity index (χ1v) is 7.58. The third-order valence-electron chi connectivity index (χ3n) is 3.90. The summed E-state index contributed by atoms with van der Waals surface area (Å²) in [6.07, 6.45) is 0. The van der Waals surface area contributed by atoms with E-state index in [4.69, 9.17) is 11.6 Å². The quantitative estimate of drug-likeness (QED) is 0.784. The zero-order valence-electron chi connectivity index (χ0n) is 12.5. The molecule has 3 nitrogen and oxygen atoms in total. The van der Waals surface area contributed by atoms with E-state index in [1.54, 1.807) is 0 Å². The monoisotopic (exact) mass is 291 g/mol. The van der Waals surface area contributed by atoms with Crippen molar-refractivity contribution in [2.24, 2.45) is 0 Å². The van der Waals surface area contributed by atoms with Gasteiger partial charge in [-0.25, -0.2) is 0 Å². The molecule has 0 saturated carbocycles. The molecule has 0 amide bonds. The van der Waals surface area contributed by atoms with E-state index in [0.29, 0.717) is 5.88 Å². The van der Waals surface area contributed by atoms with Crippen LogP contribution in [0.2, 0.25) is 0 Å². The van der Waals surface area contributed by atoms with Crippen molar-refractivity contribution in [1.82, 2.24) is 4.90 Å². The topological polar surface area (TPSA) is 30.3 Å². The van der Waals surface area contributed by atoms with Crippen LogP contribution in [0.3, 0.4) is 0 Å². The fourth-order valence-electron chi connectivity index (χ4n) is 2.65. The highest BCUT2D eigenvalue weighted by atomic mass is 35.5. The van der Waals surface area contributed by atoms with Gasteiger partial charge in [-0.15, -0.1) is 11.6 Å². The lowest BCUT2D eigenvalue weighted by Gasteiger charge is -2.43. The van der Waals surface area contributed by atoms with E-state index in [2.05, 4.69) is 36.6 Å². The Labute approximate surface area is 126 Å². The smallest absolute Gasteiger partial charge is 0.101 e. The van der Waals surface area contributed by atoms with Gasteiger partial charge in [-0.05, 0) is 38.5 Å². The van der Waals surface area contributed by atoms with Crippen molar-refractivity contribution in [1.29, 1.82) is 5.26 Å². The third-order valence-corrected chi connectivity index (χ3v) is 4.21. The van der Waals surface area contributed by atoms with E-state index in [1.165, 1.54) is 0 Å². The molecule has 1 aliphatic heterocycles. The molecule has 0 spiro atoms. The highest BCUT2D eigenvalue weighted by Gasteiger charge is 2.26. The average molecular weight is 292 g/mol. The zero-order chi connectivity index (χ0) is 14.8. The molecule has 0 atom stereocenters. The van der Waals surface area contributed by atoms with Crippen LogP contribution in [0.4, 0.5) is 5.69 Å². The molecule has 4 heteroatoms. The Bertz CT molecular complexity index is 505. The second-order valence-electron chi connectivity index (χ2n) is 6.24. The maximum atomic E-state index is 9.32.